The predicted octanol–water partition coefficient (Wildman–Crippen LogP) is 2.63. The van der Waals surface area contributed by atoms with Crippen LogP contribution in [0.3, 0.4) is 0 Å². The van der Waals surface area contributed by atoms with E-state index < -0.39 is 0 Å². The monoisotopic (exact) mass is 147 g/mol. The standard InChI is InChI=1S/C10H19.Li.H/c1-8(2)10-6-4-9(3)5-7-10;;/h6,8-10H,4-5,7H2,1-3H3;;. The van der Waals surface area contributed by atoms with Gasteiger partial charge >= 0.3 is 18.9 Å². The maximum absolute atomic E-state index is 2.53. The van der Waals surface area contributed by atoms with Gasteiger partial charge in [0.15, 0.2) is 0 Å². The molecule has 0 aliphatic heterocycles. The molecule has 0 aromatic heterocycles. The zero-order chi connectivity index (χ0) is 7.56. The van der Waals surface area contributed by atoms with E-state index in [4.69, 9.17) is 0 Å². The molecule has 1 heteroatoms. The summed E-state index contributed by atoms with van der Waals surface area (Å²) < 4.78 is 0. The second-order valence-corrected chi connectivity index (χ2v) is 4.06. The summed E-state index contributed by atoms with van der Waals surface area (Å²) in [5.74, 6) is 2.73. The van der Waals surface area contributed by atoms with Gasteiger partial charge in [-0.25, -0.2) is 0 Å². The van der Waals surface area contributed by atoms with Gasteiger partial charge in [0, 0.05) is 0 Å². The first-order valence-corrected chi connectivity index (χ1v) is 4.53. The molecular formula is C10H20Li. The fraction of sp³-hybridized carbons (Fsp3) is 0.900. The van der Waals surface area contributed by atoms with E-state index >= 15 is 0 Å². The van der Waals surface area contributed by atoms with Crippen LogP contribution in [0.2, 0.25) is 0 Å². The van der Waals surface area contributed by atoms with Crippen molar-refractivity contribution in [2.45, 2.75) is 40.0 Å². The summed E-state index contributed by atoms with van der Waals surface area (Å²) in [6.45, 7) is 7.02. The molecule has 0 heterocycles. The van der Waals surface area contributed by atoms with Crippen molar-refractivity contribution < 1.29 is 0 Å². The molecule has 0 nitrogen and oxygen atoms in total. The Hall–Kier alpha value is 0.597. The summed E-state index contributed by atoms with van der Waals surface area (Å²) in [5.41, 5.74) is 0. The Morgan fingerprint density at radius 2 is 1.91 bits per heavy atom. The molecule has 0 bridgehead atoms. The van der Waals surface area contributed by atoms with Crippen molar-refractivity contribution in [1.29, 1.82) is 0 Å². The molecular weight excluding hydrogens is 127 g/mol. The van der Waals surface area contributed by atoms with Gasteiger partial charge in [0.25, 0.3) is 0 Å². The van der Waals surface area contributed by atoms with Gasteiger partial charge in [0.05, 0.1) is 0 Å². The Labute approximate surface area is 83.3 Å². The summed E-state index contributed by atoms with van der Waals surface area (Å²) in [7, 11) is 0. The molecule has 1 radical (unpaired) electrons. The van der Waals surface area contributed by atoms with Crippen molar-refractivity contribution in [3.8, 4) is 0 Å². The van der Waals surface area contributed by atoms with E-state index in [1.807, 2.05) is 0 Å². The summed E-state index contributed by atoms with van der Waals surface area (Å²) in [5, 5.41) is 0. The van der Waals surface area contributed by atoms with Crippen LogP contribution >= 0.6 is 0 Å². The summed E-state index contributed by atoms with van der Waals surface area (Å²) in [4.78, 5) is 0. The molecule has 2 atom stereocenters. The molecule has 1 aliphatic carbocycles. The molecule has 0 aromatic rings. The molecule has 11 heavy (non-hydrogen) atoms. The molecule has 1 saturated carbocycles. The van der Waals surface area contributed by atoms with E-state index in [0.29, 0.717) is 0 Å². The minimum absolute atomic E-state index is 0. The van der Waals surface area contributed by atoms with Crippen molar-refractivity contribution in [1.82, 2.24) is 0 Å². The quantitative estimate of drug-likeness (QED) is 0.500. The molecule has 0 saturated heterocycles. The average molecular weight is 147 g/mol. The van der Waals surface area contributed by atoms with E-state index in [1.54, 1.807) is 0 Å². The second kappa shape index (κ2) is 5.28. The number of hydrogen-bond acceptors (Lipinski definition) is 0. The van der Waals surface area contributed by atoms with E-state index in [1.165, 1.54) is 19.3 Å². The van der Waals surface area contributed by atoms with Crippen LogP contribution in [0.1, 0.15) is 40.0 Å². The second-order valence-electron chi connectivity index (χ2n) is 4.06. The Morgan fingerprint density at radius 1 is 1.27 bits per heavy atom. The van der Waals surface area contributed by atoms with Crippen LogP contribution in [0.5, 0.6) is 0 Å². The topological polar surface area (TPSA) is 0 Å². The molecule has 2 unspecified atom stereocenters. The zero-order valence-corrected chi connectivity index (χ0v) is 7.43. The van der Waals surface area contributed by atoms with Crippen LogP contribution in [0.15, 0.2) is 0 Å². The van der Waals surface area contributed by atoms with Gasteiger partial charge in [-0.05, 0) is 37.0 Å². The molecule has 0 amide bonds. The van der Waals surface area contributed by atoms with Crippen LogP contribution < -0.4 is 0 Å². The van der Waals surface area contributed by atoms with Gasteiger partial charge in [-0.3, -0.25) is 0 Å². The third-order valence-corrected chi connectivity index (χ3v) is 2.69. The predicted molar refractivity (Wildman–Crippen MR) is 52.8 cm³/mol. The first kappa shape index (κ1) is 11.6. The minimum atomic E-state index is 0. The van der Waals surface area contributed by atoms with Gasteiger partial charge in [0.2, 0.25) is 0 Å². The van der Waals surface area contributed by atoms with Crippen molar-refractivity contribution in [3.05, 3.63) is 6.42 Å². The molecule has 0 N–H and O–H groups in total. The summed E-state index contributed by atoms with van der Waals surface area (Å²) >= 11 is 0. The fourth-order valence-corrected chi connectivity index (χ4v) is 1.73. The third kappa shape index (κ3) is 3.68. The Kier molecular flexibility index (Phi) is 5.57. The van der Waals surface area contributed by atoms with Gasteiger partial charge in [-0.1, -0.05) is 27.2 Å². The molecule has 1 fully saturated rings. The van der Waals surface area contributed by atoms with Crippen molar-refractivity contribution in [2.75, 3.05) is 0 Å². The normalized spacial score (nSPS) is 31.6. The van der Waals surface area contributed by atoms with Crippen molar-refractivity contribution in [3.63, 3.8) is 0 Å². The molecule has 1 aliphatic rings. The van der Waals surface area contributed by atoms with E-state index in [9.17, 15) is 0 Å². The van der Waals surface area contributed by atoms with E-state index in [0.717, 1.165) is 17.8 Å². The van der Waals surface area contributed by atoms with Crippen molar-refractivity contribution in [2.24, 2.45) is 17.8 Å². The molecule has 1 rings (SSSR count). The maximum atomic E-state index is 2.53. The van der Waals surface area contributed by atoms with Crippen LogP contribution in [0, 0.1) is 24.2 Å². The van der Waals surface area contributed by atoms with Gasteiger partial charge in [-0.2, -0.15) is 0 Å². The Morgan fingerprint density at radius 3 is 2.27 bits per heavy atom. The Balaban J connectivity index is 0.000001000. The van der Waals surface area contributed by atoms with Gasteiger partial charge in [0.1, 0.15) is 0 Å². The molecule has 61 valence electrons. The fourth-order valence-electron chi connectivity index (χ4n) is 1.73. The van der Waals surface area contributed by atoms with E-state index in [-0.39, 0.29) is 18.9 Å². The van der Waals surface area contributed by atoms with Crippen LogP contribution in [0.25, 0.3) is 0 Å². The Bertz CT molecular complexity index is 91.0. The van der Waals surface area contributed by atoms with E-state index in [2.05, 4.69) is 27.2 Å². The zero-order valence-electron chi connectivity index (χ0n) is 7.43. The first-order chi connectivity index (χ1) is 4.70. The average Bonchev–Trinajstić information content (AvgIpc) is 1.88. The molecule has 0 spiro atoms. The SMILES string of the molecule is CC1C[CH]C(C(C)C)CC1.[LiH]. The van der Waals surface area contributed by atoms with Crippen LogP contribution in [0.4, 0.5) is 0 Å². The van der Waals surface area contributed by atoms with Crippen LogP contribution in [-0.4, -0.2) is 18.9 Å². The number of hydrogen-bond donors (Lipinski definition) is 0. The molecule has 0 aromatic carbocycles. The summed E-state index contributed by atoms with van der Waals surface area (Å²) in [6, 6.07) is 0. The van der Waals surface area contributed by atoms with Gasteiger partial charge < -0.3 is 0 Å². The first-order valence-electron chi connectivity index (χ1n) is 4.53. The third-order valence-electron chi connectivity index (χ3n) is 2.69. The van der Waals surface area contributed by atoms with Crippen molar-refractivity contribution >= 4 is 18.9 Å². The van der Waals surface area contributed by atoms with Gasteiger partial charge in [-0.15, -0.1) is 0 Å². The number of rotatable bonds is 1. The van der Waals surface area contributed by atoms with Crippen LogP contribution in [-0.2, 0) is 0 Å². The summed E-state index contributed by atoms with van der Waals surface area (Å²) in [6.07, 6.45) is 6.75.